The van der Waals surface area contributed by atoms with E-state index in [9.17, 15) is 23.3 Å². The third-order valence-corrected chi connectivity index (χ3v) is 6.66. The SMILES string of the molecule is CCCCS(=O)(=O)C1=C(C)NC(C)=C(C(=O)OC)C1c1cccc([N+](=O)[O-])c1. The number of carbonyl (C=O) groups excluding carboxylic acids is 1. The van der Waals surface area contributed by atoms with Gasteiger partial charge < -0.3 is 10.1 Å². The lowest BCUT2D eigenvalue weighted by molar-refractivity contribution is -0.384. The average molecular weight is 408 g/mol. The number of esters is 1. The summed E-state index contributed by atoms with van der Waals surface area (Å²) in [6, 6.07) is 5.68. The molecule has 8 nitrogen and oxygen atoms in total. The molecule has 0 saturated heterocycles. The molecule has 1 aromatic rings. The Kier molecular flexibility index (Phi) is 6.60. The zero-order valence-corrected chi connectivity index (χ0v) is 17.1. The summed E-state index contributed by atoms with van der Waals surface area (Å²) in [5.74, 6) is -1.73. The van der Waals surface area contributed by atoms with Crippen molar-refractivity contribution in [2.45, 2.75) is 39.5 Å². The van der Waals surface area contributed by atoms with E-state index < -0.39 is 26.6 Å². The molecular formula is C19H24N2O6S. The van der Waals surface area contributed by atoms with Crippen molar-refractivity contribution in [3.05, 3.63) is 61.8 Å². The molecule has 1 unspecified atom stereocenters. The van der Waals surface area contributed by atoms with Gasteiger partial charge in [-0.15, -0.1) is 0 Å². The van der Waals surface area contributed by atoms with Gasteiger partial charge in [0.15, 0.2) is 9.84 Å². The second-order valence-electron chi connectivity index (χ2n) is 6.60. The van der Waals surface area contributed by atoms with Crippen LogP contribution >= 0.6 is 0 Å². The van der Waals surface area contributed by atoms with Gasteiger partial charge in [0.2, 0.25) is 0 Å². The Labute approximate surface area is 164 Å². The molecule has 1 atom stereocenters. The Hall–Kier alpha value is -2.68. The number of dihydropyridines is 1. The predicted molar refractivity (Wildman–Crippen MR) is 105 cm³/mol. The van der Waals surface area contributed by atoms with Gasteiger partial charge in [0.1, 0.15) is 0 Å². The molecule has 2 rings (SSSR count). The van der Waals surface area contributed by atoms with Crippen LogP contribution in [0.1, 0.15) is 45.1 Å². The molecule has 9 heteroatoms. The molecule has 0 bridgehead atoms. The molecular weight excluding hydrogens is 384 g/mol. The summed E-state index contributed by atoms with van der Waals surface area (Å²) < 4.78 is 31.1. The van der Waals surface area contributed by atoms with E-state index in [0.29, 0.717) is 29.8 Å². The van der Waals surface area contributed by atoms with Crippen molar-refractivity contribution in [1.29, 1.82) is 0 Å². The van der Waals surface area contributed by atoms with Crippen molar-refractivity contribution in [2.75, 3.05) is 12.9 Å². The predicted octanol–water partition coefficient (Wildman–Crippen LogP) is 3.18. The lowest BCUT2D eigenvalue weighted by atomic mass is 9.86. The maximum Gasteiger partial charge on any atom is 0.336 e. The zero-order chi connectivity index (χ0) is 21.1. The maximum absolute atomic E-state index is 13.1. The van der Waals surface area contributed by atoms with E-state index in [2.05, 4.69) is 5.32 Å². The van der Waals surface area contributed by atoms with Crippen molar-refractivity contribution >= 4 is 21.5 Å². The molecule has 152 valence electrons. The van der Waals surface area contributed by atoms with E-state index in [1.165, 1.54) is 25.3 Å². The van der Waals surface area contributed by atoms with Crippen molar-refractivity contribution < 1.29 is 22.9 Å². The Morgan fingerprint density at radius 1 is 1.29 bits per heavy atom. The highest BCUT2D eigenvalue weighted by molar-refractivity contribution is 7.95. The van der Waals surface area contributed by atoms with E-state index in [4.69, 9.17) is 4.74 Å². The van der Waals surface area contributed by atoms with Gasteiger partial charge in [-0.05, 0) is 25.8 Å². The number of benzene rings is 1. The molecule has 0 aromatic heterocycles. The molecule has 0 aliphatic carbocycles. The summed E-state index contributed by atoms with van der Waals surface area (Å²) in [6.45, 7) is 5.16. The fourth-order valence-electron chi connectivity index (χ4n) is 3.35. The molecule has 1 aliphatic rings. The van der Waals surface area contributed by atoms with Gasteiger partial charge in [0, 0.05) is 23.5 Å². The van der Waals surface area contributed by atoms with Crippen LogP contribution in [0, 0.1) is 10.1 Å². The van der Waals surface area contributed by atoms with Crippen molar-refractivity contribution in [3.8, 4) is 0 Å². The third kappa shape index (κ3) is 4.24. The van der Waals surface area contributed by atoms with Crippen LogP contribution in [-0.2, 0) is 19.4 Å². The van der Waals surface area contributed by atoms with Gasteiger partial charge in [-0.3, -0.25) is 10.1 Å². The number of methoxy groups -OCH3 is 1. The second kappa shape index (κ2) is 8.55. The van der Waals surface area contributed by atoms with Crippen LogP contribution < -0.4 is 5.32 Å². The van der Waals surface area contributed by atoms with E-state index in [1.807, 2.05) is 6.92 Å². The minimum Gasteiger partial charge on any atom is -0.466 e. The smallest absolute Gasteiger partial charge is 0.336 e. The van der Waals surface area contributed by atoms with Crippen LogP contribution in [0.2, 0.25) is 0 Å². The first kappa shape index (κ1) is 21.6. The first-order valence-corrected chi connectivity index (χ1v) is 10.5. The quantitative estimate of drug-likeness (QED) is 0.418. The summed E-state index contributed by atoms with van der Waals surface area (Å²) in [6.07, 6.45) is 1.16. The average Bonchev–Trinajstić information content (AvgIpc) is 2.65. The topological polar surface area (TPSA) is 116 Å². The number of ether oxygens (including phenoxy) is 1. The lowest BCUT2D eigenvalue weighted by Crippen LogP contribution is -2.32. The van der Waals surface area contributed by atoms with Crippen LogP contribution in [0.3, 0.4) is 0 Å². The number of hydrogen-bond donors (Lipinski definition) is 1. The van der Waals surface area contributed by atoms with Crippen LogP contribution in [0.4, 0.5) is 5.69 Å². The minimum atomic E-state index is -3.72. The number of unbranched alkanes of at least 4 members (excludes halogenated alkanes) is 1. The first-order valence-electron chi connectivity index (χ1n) is 8.88. The van der Waals surface area contributed by atoms with Gasteiger partial charge in [-0.2, -0.15) is 0 Å². The maximum atomic E-state index is 13.1. The van der Waals surface area contributed by atoms with E-state index in [0.717, 1.165) is 0 Å². The van der Waals surface area contributed by atoms with Crippen LogP contribution in [0.25, 0.3) is 0 Å². The van der Waals surface area contributed by atoms with Crippen molar-refractivity contribution in [1.82, 2.24) is 5.32 Å². The number of rotatable bonds is 7. The number of carbonyl (C=O) groups is 1. The highest BCUT2D eigenvalue weighted by Crippen LogP contribution is 2.42. The Balaban J connectivity index is 2.75. The van der Waals surface area contributed by atoms with Gasteiger partial charge in [-0.25, -0.2) is 13.2 Å². The van der Waals surface area contributed by atoms with Crippen molar-refractivity contribution in [2.24, 2.45) is 0 Å². The fraction of sp³-hybridized carbons (Fsp3) is 0.421. The lowest BCUT2D eigenvalue weighted by Gasteiger charge is -2.31. The number of hydrogen-bond acceptors (Lipinski definition) is 7. The molecule has 0 radical (unpaired) electrons. The van der Waals surface area contributed by atoms with Crippen LogP contribution in [0.5, 0.6) is 0 Å². The molecule has 0 saturated carbocycles. The number of nitrogens with zero attached hydrogens (tertiary/aromatic N) is 1. The van der Waals surface area contributed by atoms with E-state index >= 15 is 0 Å². The van der Waals surface area contributed by atoms with Crippen LogP contribution in [0.15, 0.2) is 46.1 Å². The standard InChI is InChI=1S/C19H24N2O6S/c1-5-6-10-28(25,26)18-13(3)20-12(2)16(19(22)27-4)17(18)14-8-7-9-15(11-14)21(23)24/h7-9,11,17,20H,5-6,10H2,1-4H3. The molecule has 1 heterocycles. The number of allylic oxidation sites excluding steroid dienone is 3. The Morgan fingerprint density at radius 2 is 1.96 bits per heavy atom. The minimum absolute atomic E-state index is 0.0486. The molecule has 1 aliphatic heterocycles. The number of nitrogens with one attached hydrogen (secondary N) is 1. The Morgan fingerprint density at radius 3 is 2.54 bits per heavy atom. The fourth-order valence-corrected chi connectivity index (χ4v) is 5.37. The molecule has 1 aromatic carbocycles. The summed E-state index contributed by atoms with van der Waals surface area (Å²) in [7, 11) is -2.51. The molecule has 0 amide bonds. The number of nitro groups is 1. The van der Waals surface area contributed by atoms with Crippen LogP contribution in [-0.4, -0.2) is 32.2 Å². The number of nitro benzene ring substituents is 1. The first-order chi connectivity index (χ1) is 13.1. The number of non-ortho nitro benzene ring substituents is 1. The summed E-state index contributed by atoms with van der Waals surface area (Å²) in [5.41, 5.74) is 1.16. The van der Waals surface area contributed by atoms with Gasteiger partial charge in [0.25, 0.3) is 5.69 Å². The van der Waals surface area contributed by atoms with Gasteiger partial charge >= 0.3 is 5.97 Å². The van der Waals surface area contributed by atoms with E-state index in [1.54, 1.807) is 19.9 Å². The second-order valence-corrected chi connectivity index (χ2v) is 8.68. The summed E-state index contributed by atoms with van der Waals surface area (Å²) in [5, 5.41) is 14.2. The molecule has 1 N–H and O–H groups in total. The highest BCUT2D eigenvalue weighted by Gasteiger charge is 2.39. The normalized spacial score (nSPS) is 17.4. The summed E-state index contributed by atoms with van der Waals surface area (Å²) >= 11 is 0. The van der Waals surface area contributed by atoms with Gasteiger partial charge in [0.05, 0.1) is 34.2 Å². The Bertz CT molecular complexity index is 962. The van der Waals surface area contributed by atoms with Gasteiger partial charge in [-0.1, -0.05) is 25.5 Å². The monoisotopic (exact) mass is 408 g/mol. The molecule has 0 spiro atoms. The van der Waals surface area contributed by atoms with Crippen molar-refractivity contribution in [3.63, 3.8) is 0 Å². The van der Waals surface area contributed by atoms with E-state index in [-0.39, 0.29) is 21.9 Å². The number of sulfone groups is 1. The zero-order valence-electron chi connectivity index (χ0n) is 16.3. The largest absolute Gasteiger partial charge is 0.466 e. The highest BCUT2D eigenvalue weighted by atomic mass is 32.2. The molecule has 28 heavy (non-hydrogen) atoms. The third-order valence-electron chi connectivity index (χ3n) is 4.62. The molecule has 0 fully saturated rings. The summed E-state index contributed by atoms with van der Waals surface area (Å²) in [4.78, 5) is 23.2.